The Hall–Kier alpha value is -4.41. The molecule has 0 atom stereocenters. The van der Waals surface area contributed by atoms with Gasteiger partial charge >= 0.3 is 10.1 Å². The molecule has 0 radical (unpaired) electrons. The summed E-state index contributed by atoms with van der Waals surface area (Å²) in [6.07, 6.45) is 1.43. The van der Waals surface area contributed by atoms with Crippen molar-refractivity contribution in [2.45, 2.75) is 4.90 Å². The van der Waals surface area contributed by atoms with Crippen LogP contribution in [0, 0.1) is 11.3 Å². The fraction of sp³-hybridized carbons (Fsp3) is 0. The number of nitriles is 1. The van der Waals surface area contributed by atoms with E-state index < -0.39 is 16.0 Å². The van der Waals surface area contributed by atoms with Crippen LogP contribution in [-0.2, 0) is 14.9 Å². The zero-order valence-corrected chi connectivity index (χ0v) is 18.1. The molecule has 33 heavy (non-hydrogen) atoms. The predicted molar refractivity (Wildman–Crippen MR) is 127 cm³/mol. The highest BCUT2D eigenvalue weighted by Crippen LogP contribution is 2.24. The Balaban J connectivity index is 1.51. The summed E-state index contributed by atoms with van der Waals surface area (Å²) in [5.74, 6) is -0.421. The molecule has 7 heteroatoms. The number of hydrogen-bond donors (Lipinski definition) is 1. The average molecular weight is 455 g/mol. The van der Waals surface area contributed by atoms with Crippen LogP contribution in [0.25, 0.3) is 16.8 Å². The van der Waals surface area contributed by atoms with E-state index >= 15 is 0 Å². The van der Waals surface area contributed by atoms with Gasteiger partial charge in [0.2, 0.25) is 0 Å². The Labute approximate surface area is 191 Å². The topological polar surface area (TPSA) is 96.3 Å². The Morgan fingerprint density at radius 3 is 2.24 bits per heavy atom. The standard InChI is InChI=1S/C26H18N2O4S/c27-18-21(26(29)28-25-12-6-8-20-7-4-5-11-24(20)25)17-19-13-15-22(16-14-19)32-33(30,31)23-9-2-1-3-10-23/h1-17H,(H,28,29)/b21-17+. The van der Waals surface area contributed by atoms with Gasteiger partial charge in [0, 0.05) is 11.1 Å². The number of rotatable bonds is 6. The van der Waals surface area contributed by atoms with Crippen molar-refractivity contribution < 1.29 is 17.4 Å². The van der Waals surface area contributed by atoms with Crippen molar-refractivity contribution in [1.29, 1.82) is 5.26 Å². The molecular weight excluding hydrogens is 436 g/mol. The first kappa shape index (κ1) is 21.8. The van der Waals surface area contributed by atoms with Crippen LogP contribution in [0.1, 0.15) is 5.56 Å². The van der Waals surface area contributed by atoms with Crippen LogP contribution in [0.15, 0.2) is 108 Å². The first-order chi connectivity index (χ1) is 16.0. The van der Waals surface area contributed by atoms with Gasteiger partial charge in [0.1, 0.15) is 22.3 Å². The summed E-state index contributed by atoms with van der Waals surface area (Å²) < 4.78 is 29.8. The quantitative estimate of drug-likeness (QED) is 0.247. The second-order valence-corrected chi connectivity index (χ2v) is 8.62. The molecule has 1 amide bonds. The Morgan fingerprint density at radius 2 is 1.52 bits per heavy atom. The Morgan fingerprint density at radius 1 is 0.848 bits per heavy atom. The summed E-state index contributed by atoms with van der Waals surface area (Å²) in [7, 11) is -3.95. The van der Waals surface area contributed by atoms with E-state index in [4.69, 9.17) is 4.18 Å². The summed E-state index contributed by atoms with van der Waals surface area (Å²) in [6.45, 7) is 0. The van der Waals surface area contributed by atoms with Gasteiger partial charge < -0.3 is 9.50 Å². The molecule has 4 aromatic carbocycles. The summed E-state index contributed by atoms with van der Waals surface area (Å²) in [5.41, 5.74) is 1.06. The van der Waals surface area contributed by atoms with Gasteiger partial charge in [0.05, 0.1) is 0 Å². The van der Waals surface area contributed by atoms with Crippen molar-refractivity contribution in [1.82, 2.24) is 0 Å². The highest BCUT2D eigenvalue weighted by atomic mass is 32.2. The number of fused-ring (bicyclic) bond motifs is 1. The van der Waals surface area contributed by atoms with Gasteiger partial charge in [-0.3, -0.25) is 4.79 Å². The summed E-state index contributed by atoms with van der Waals surface area (Å²) in [5, 5.41) is 14.1. The monoisotopic (exact) mass is 454 g/mol. The molecule has 1 N–H and O–H groups in total. The molecule has 0 fully saturated rings. The molecule has 0 saturated carbocycles. The second-order valence-electron chi connectivity index (χ2n) is 7.07. The van der Waals surface area contributed by atoms with Crippen molar-refractivity contribution in [2.75, 3.05) is 5.32 Å². The van der Waals surface area contributed by atoms with Crippen LogP contribution in [-0.4, -0.2) is 14.3 Å². The summed E-state index contributed by atoms with van der Waals surface area (Å²) >= 11 is 0. The molecular formula is C26H18N2O4S. The lowest BCUT2D eigenvalue weighted by Gasteiger charge is -2.09. The summed E-state index contributed by atoms with van der Waals surface area (Å²) in [4.78, 5) is 12.7. The molecule has 0 heterocycles. The number of carbonyl (C=O) groups is 1. The van der Waals surface area contributed by atoms with E-state index in [2.05, 4.69) is 5.32 Å². The zero-order chi connectivity index (χ0) is 23.3. The number of benzene rings is 4. The normalized spacial score (nSPS) is 11.5. The van der Waals surface area contributed by atoms with Gasteiger partial charge in [-0.05, 0) is 47.4 Å². The molecule has 0 bridgehead atoms. The van der Waals surface area contributed by atoms with E-state index in [1.54, 1.807) is 36.4 Å². The maximum Gasteiger partial charge on any atom is 0.339 e. The molecule has 0 aliphatic rings. The minimum atomic E-state index is -3.95. The predicted octanol–water partition coefficient (Wildman–Crippen LogP) is 5.15. The average Bonchev–Trinajstić information content (AvgIpc) is 2.84. The van der Waals surface area contributed by atoms with Crippen LogP contribution in [0.4, 0.5) is 5.69 Å². The zero-order valence-electron chi connectivity index (χ0n) is 17.3. The number of nitrogens with zero attached hydrogens (tertiary/aromatic N) is 1. The molecule has 0 aliphatic carbocycles. The van der Waals surface area contributed by atoms with Crippen LogP contribution in [0.3, 0.4) is 0 Å². The van der Waals surface area contributed by atoms with Crippen LogP contribution >= 0.6 is 0 Å². The van der Waals surface area contributed by atoms with E-state index in [1.807, 2.05) is 42.5 Å². The van der Waals surface area contributed by atoms with Crippen molar-refractivity contribution in [3.63, 3.8) is 0 Å². The molecule has 6 nitrogen and oxygen atoms in total. The van der Waals surface area contributed by atoms with Crippen molar-refractivity contribution in [2.24, 2.45) is 0 Å². The first-order valence-corrected chi connectivity index (χ1v) is 11.4. The number of hydrogen-bond acceptors (Lipinski definition) is 5. The number of amides is 1. The second kappa shape index (κ2) is 9.39. The molecule has 4 aromatic rings. The Bertz CT molecular complexity index is 1480. The third-order valence-corrected chi connectivity index (χ3v) is 6.09. The summed E-state index contributed by atoms with van der Waals surface area (Å²) in [6, 6.07) is 28.9. The molecule has 0 aromatic heterocycles. The minimum Gasteiger partial charge on any atom is -0.379 e. The molecule has 0 unspecified atom stereocenters. The lowest BCUT2D eigenvalue weighted by atomic mass is 10.1. The minimum absolute atomic E-state index is 0.0471. The SMILES string of the molecule is N#C/C(=C\c1ccc(OS(=O)(=O)c2ccccc2)cc1)C(=O)Nc1cccc2ccccc12. The first-order valence-electron chi connectivity index (χ1n) is 9.97. The van der Waals surface area contributed by atoms with E-state index in [-0.39, 0.29) is 16.2 Å². The molecule has 162 valence electrons. The molecule has 0 saturated heterocycles. The van der Waals surface area contributed by atoms with E-state index in [0.29, 0.717) is 11.3 Å². The molecule has 0 aliphatic heterocycles. The number of anilines is 1. The highest BCUT2D eigenvalue weighted by molar-refractivity contribution is 7.87. The largest absolute Gasteiger partial charge is 0.379 e. The van der Waals surface area contributed by atoms with E-state index in [9.17, 15) is 18.5 Å². The van der Waals surface area contributed by atoms with Gasteiger partial charge in [-0.1, -0.05) is 66.7 Å². The van der Waals surface area contributed by atoms with Gasteiger partial charge in [0.25, 0.3) is 5.91 Å². The van der Waals surface area contributed by atoms with Gasteiger partial charge in [0.15, 0.2) is 0 Å². The molecule has 0 spiro atoms. The Kier molecular flexibility index (Phi) is 6.20. The van der Waals surface area contributed by atoms with Crippen molar-refractivity contribution >= 4 is 38.6 Å². The lowest BCUT2D eigenvalue weighted by Crippen LogP contribution is -2.13. The fourth-order valence-electron chi connectivity index (χ4n) is 3.22. The number of nitrogens with one attached hydrogen (secondary N) is 1. The smallest absolute Gasteiger partial charge is 0.339 e. The van der Waals surface area contributed by atoms with Gasteiger partial charge in [-0.25, -0.2) is 0 Å². The maximum absolute atomic E-state index is 12.7. The fourth-order valence-corrected chi connectivity index (χ4v) is 4.17. The van der Waals surface area contributed by atoms with Crippen LogP contribution < -0.4 is 9.50 Å². The maximum atomic E-state index is 12.7. The van der Waals surface area contributed by atoms with E-state index in [0.717, 1.165) is 10.8 Å². The van der Waals surface area contributed by atoms with Gasteiger partial charge in [-0.15, -0.1) is 0 Å². The van der Waals surface area contributed by atoms with Crippen molar-refractivity contribution in [3.8, 4) is 11.8 Å². The number of carbonyl (C=O) groups excluding carboxylic acids is 1. The van der Waals surface area contributed by atoms with Crippen LogP contribution in [0.5, 0.6) is 5.75 Å². The van der Waals surface area contributed by atoms with Crippen molar-refractivity contribution in [3.05, 3.63) is 108 Å². The van der Waals surface area contributed by atoms with Crippen LogP contribution in [0.2, 0.25) is 0 Å². The lowest BCUT2D eigenvalue weighted by molar-refractivity contribution is -0.112. The van der Waals surface area contributed by atoms with E-state index in [1.165, 1.54) is 30.3 Å². The molecule has 4 rings (SSSR count). The van der Waals surface area contributed by atoms with Gasteiger partial charge in [-0.2, -0.15) is 13.7 Å². The third-order valence-electron chi connectivity index (χ3n) is 4.83. The highest BCUT2D eigenvalue weighted by Gasteiger charge is 2.16. The third kappa shape index (κ3) is 5.09.